The Morgan fingerprint density at radius 2 is 1.96 bits per heavy atom. The molecule has 1 heterocycles. The van der Waals surface area contributed by atoms with E-state index in [1.165, 1.54) is 7.11 Å². The van der Waals surface area contributed by atoms with E-state index in [-0.39, 0.29) is 5.91 Å². The fourth-order valence-corrected chi connectivity index (χ4v) is 3.21. The van der Waals surface area contributed by atoms with Gasteiger partial charge < -0.3 is 10.1 Å². The molecule has 0 aliphatic carbocycles. The zero-order valence-electron chi connectivity index (χ0n) is 13.4. The molecule has 2 aromatic carbocycles. The first kappa shape index (κ1) is 17.5. The highest BCUT2D eigenvalue weighted by Crippen LogP contribution is 2.34. The van der Waals surface area contributed by atoms with Crippen molar-refractivity contribution in [3.63, 3.8) is 0 Å². The number of hydrogen-bond acceptors (Lipinski definition) is 3. The van der Waals surface area contributed by atoms with Crippen molar-refractivity contribution in [3.8, 4) is 0 Å². The van der Waals surface area contributed by atoms with Gasteiger partial charge in [-0.25, -0.2) is 4.79 Å². The maximum Gasteiger partial charge on any atom is 0.337 e. The Balaban J connectivity index is 1.77. The number of ether oxygens (including phenoxy) is 1. The Morgan fingerprint density at radius 1 is 1.16 bits per heavy atom. The number of rotatable bonds is 4. The highest BCUT2D eigenvalue weighted by atomic mass is 35.5. The molecule has 2 aromatic rings. The minimum absolute atomic E-state index is 0.140. The summed E-state index contributed by atoms with van der Waals surface area (Å²) in [6.07, 6.45) is 3.16. The molecule has 0 atom stereocenters. The van der Waals surface area contributed by atoms with Crippen molar-refractivity contribution in [2.24, 2.45) is 0 Å². The van der Waals surface area contributed by atoms with Crippen LogP contribution in [0.1, 0.15) is 27.9 Å². The van der Waals surface area contributed by atoms with Crippen LogP contribution >= 0.6 is 23.2 Å². The lowest BCUT2D eigenvalue weighted by Crippen LogP contribution is -2.04. The average Bonchev–Trinajstić information content (AvgIpc) is 2.88. The van der Waals surface area contributed by atoms with Gasteiger partial charge in [0.2, 0.25) is 0 Å². The largest absolute Gasteiger partial charge is 0.465 e. The molecule has 1 N–H and O–H groups in total. The first-order valence-electron chi connectivity index (χ1n) is 7.67. The molecule has 3 rings (SSSR count). The Labute approximate surface area is 155 Å². The summed E-state index contributed by atoms with van der Waals surface area (Å²) in [6, 6.07) is 10.4. The van der Waals surface area contributed by atoms with Crippen molar-refractivity contribution in [2.75, 3.05) is 12.4 Å². The van der Waals surface area contributed by atoms with E-state index in [0.29, 0.717) is 34.0 Å². The fraction of sp³-hybridized carbons (Fsp3) is 0.158. The zero-order chi connectivity index (χ0) is 18.0. The highest BCUT2D eigenvalue weighted by molar-refractivity contribution is 6.34. The molecule has 0 saturated carbocycles. The van der Waals surface area contributed by atoms with Crippen LogP contribution in [0.2, 0.25) is 10.0 Å². The van der Waals surface area contributed by atoms with Crippen molar-refractivity contribution in [1.29, 1.82) is 0 Å². The van der Waals surface area contributed by atoms with Gasteiger partial charge in [-0.15, -0.1) is 0 Å². The number of halogens is 2. The summed E-state index contributed by atoms with van der Waals surface area (Å²) in [6.45, 7) is 0. The van der Waals surface area contributed by atoms with E-state index in [9.17, 15) is 9.59 Å². The van der Waals surface area contributed by atoms with Gasteiger partial charge in [-0.3, -0.25) is 4.79 Å². The molecule has 0 unspecified atom stereocenters. The molecule has 0 radical (unpaired) electrons. The summed E-state index contributed by atoms with van der Waals surface area (Å²) < 4.78 is 4.72. The Kier molecular flexibility index (Phi) is 5.11. The molecular weight excluding hydrogens is 361 g/mol. The molecule has 0 bridgehead atoms. The van der Waals surface area contributed by atoms with Crippen LogP contribution in [0, 0.1) is 0 Å². The third-order valence-electron chi connectivity index (χ3n) is 3.92. The van der Waals surface area contributed by atoms with E-state index >= 15 is 0 Å². The summed E-state index contributed by atoms with van der Waals surface area (Å²) in [5.41, 5.74) is 3.51. The number of nitrogens with one attached hydrogen (secondary N) is 1. The Hall–Kier alpha value is -2.30. The number of aryl methyl sites for hydroxylation is 1. The molecule has 6 heteroatoms. The van der Waals surface area contributed by atoms with Gasteiger partial charge >= 0.3 is 5.97 Å². The van der Waals surface area contributed by atoms with Crippen LogP contribution in [0.4, 0.5) is 5.69 Å². The maximum absolute atomic E-state index is 12.1. The van der Waals surface area contributed by atoms with Crippen LogP contribution in [0.3, 0.4) is 0 Å². The molecule has 4 nitrogen and oxygen atoms in total. The van der Waals surface area contributed by atoms with Gasteiger partial charge in [-0.05, 0) is 48.7 Å². The van der Waals surface area contributed by atoms with E-state index in [4.69, 9.17) is 27.9 Å². The third-order valence-corrected chi connectivity index (χ3v) is 4.38. The van der Waals surface area contributed by atoms with Crippen LogP contribution in [0.15, 0.2) is 42.5 Å². The standard InChI is InChI=1S/C19H15Cl2NO3/c1-25-19(24)12-7-11(8-14(21)9-12)3-2-4-16-15-6-5-13(20)10-17(15)22-18(16)23/h4-10H,2-3H2,1H3,(H,22,23)/b16-4+. The van der Waals surface area contributed by atoms with Crippen molar-refractivity contribution in [1.82, 2.24) is 0 Å². The van der Waals surface area contributed by atoms with Crippen molar-refractivity contribution >= 4 is 46.3 Å². The number of benzene rings is 2. The minimum atomic E-state index is -0.428. The van der Waals surface area contributed by atoms with E-state index in [1.54, 1.807) is 30.3 Å². The molecule has 0 fully saturated rings. The minimum Gasteiger partial charge on any atom is -0.465 e. The topological polar surface area (TPSA) is 55.4 Å². The lowest BCUT2D eigenvalue weighted by atomic mass is 10.0. The number of methoxy groups -OCH3 is 1. The van der Waals surface area contributed by atoms with Gasteiger partial charge in [0.25, 0.3) is 5.91 Å². The number of hydrogen-bond donors (Lipinski definition) is 1. The van der Waals surface area contributed by atoms with Gasteiger partial charge in [0, 0.05) is 21.2 Å². The second kappa shape index (κ2) is 7.30. The highest BCUT2D eigenvalue weighted by Gasteiger charge is 2.23. The second-order valence-corrected chi connectivity index (χ2v) is 6.51. The normalized spacial score (nSPS) is 14.4. The molecule has 0 saturated heterocycles. The maximum atomic E-state index is 12.1. The summed E-state index contributed by atoms with van der Waals surface area (Å²) >= 11 is 12.0. The summed E-state index contributed by atoms with van der Waals surface area (Å²) in [7, 11) is 1.33. The predicted molar refractivity (Wildman–Crippen MR) is 99.2 cm³/mol. The predicted octanol–water partition coefficient (Wildman–Crippen LogP) is 4.75. The summed E-state index contributed by atoms with van der Waals surface area (Å²) in [5, 5.41) is 3.86. The van der Waals surface area contributed by atoms with Crippen molar-refractivity contribution in [3.05, 3.63) is 69.2 Å². The second-order valence-electron chi connectivity index (χ2n) is 5.64. The zero-order valence-corrected chi connectivity index (χ0v) is 14.9. The van der Waals surface area contributed by atoms with Crippen LogP contribution in [-0.2, 0) is 16.0 Å². The molecule has 1 aliphatic rings. The van der Waals surface area contributed by atoms with Crippen LogP contribution < -0.4 is 5.32 Å². The molecule has 128 valence electrons. The Morgan fingerprint density at radius 3 is 2.72 bits per heavy atom. The summed E-state index contributed by atoms with van der Waals surface area (Å²) in [4.78, 5) is 23.8. The SMILES string of the molecule is COC(=O)c1cc(Cl)cc(CC/C=C2/C(=O)Nc3cc(Cl)ccc32)c1. The quantitative estimate of drug-likeness (QED) is 0.619. The lowest BCUT2D eigenvalue weighted by Gasteiger charge is -2.05. The number of carbonyl (C=O) groups is 2. The van der Waals surface area contributed by atoms with Gasteiger partial charge in [-0.2, -0.15) is 0 Å². The van der Waals surface area contributed by atoms with E-state index in [0.717, 1.165) is 16.8 Å². The first-order chi connectivity index (χ1) is 12.0. The van der Waals surface area contributed by atoms with Crippen LogP contribution in [0.5, 0.6) is 0 Å². The molecule has 1 amide bonds. The van der Waals surface area contributed by atoms with E-state index in [2.05, 4.69) is 5.32 Å². The van der Waals surface area contributed by atoms with Gasteiger partial charge in [-0.1, -0.05) is 35.3 Å². The third kappa shape index (κ3) is 3.86. The Bertz CT molecular complexity index is 890. The van der Waals surface area contributed by atoms with E-state index < -0.39 is 5.97 Å². The van der Waals surface area contributed by atoms with Crippen molar-refractivity contribution in [2.45, 2.75) is 12.8 Å². The molecule has 0 aromatic heterocycles. The van der Waals surface area contributed by atoms with E-state index in [1.807, 2.05) is 12.1 Å². The van der Waals surface area contributed by atoms with Gasteiger partial charge in [0.15, 0.2) is 0 Å². The smallest absolute Gasteiger partial charge is 0.337 e. The fourth-order valence-electron chi connectivity index (χ4n) is 2.78. The number of amides is 1. The number of fused-ring (bicyclic) bond motifs is 1. The monoisotopic (exact) mass is 375 g/mol. The van der Waals surface area contributed by atoms with Crippen LogP contribution in [-0.4, -0.2) is 19.0 Å². The molecule has 1 aliphatic heterocycles. The average molecular weight is 376 g/mol. The lowest BCUT2D eigenvalue weighted by molar-refractivity contribution is -0.110. The molecule has 0 spiro atoms. The first-order valence-corrected chi connectivity index (χ1v) is 8.43. The van der Waals surface area contributed by atoms with Gasteiger partial charge in [0.05, 0.1) is 18.4 Å². The molecular formula is C19H15Cl2NO3. The summed E-state index contributed by atoms with van der Waals surface area (Å²) in [5.74, 6) is -0.568. The van der Waals surface area contributed by atoms with Crippen molar-refractivity contribution < 1.29 is 14.3 Å². The number of anilines is 1. The number of carbonyl (C=O) groups excluding carboxylic acids is 2. The van der Waals surface area contributed by atoms with Crippen LogP contribution in [0.25, 0.3) is 5.57 Å². The molecule has 25 heavy (non-hydrogen) atoms. The number of allylic oxidation sites excluding steroid dienone is 1. The number of esters is 1. The van der Waals surface area contributed by atoms with Gasteiger partial charge in [0.1, 0.15) is 0 Å².